The van der Waals surface area contributed by atoms with Crippen molar-refractivity contribution in [1.82, 2.24) is 5.32 Å². The van der Waals surface area contributed by atoms with Gasteiger partial charge in [0.05, 0.1) is 0 Å². The Hall–Kier alpha value is -1.65. The quantitative estimate of drug-likeness (QED) is 0.902. The van der Waals surface area contributed by atoms with E-state index in [1.807, 2.05) is 32.0 Å². The van der Waals surface area contributed by atoms with Crippen LogP contribution in [0.4, 0.5) is 8.78 Å². The Balaban J connectivity index is 1.91. The van der Waals surface area contributed by atoms with E-state index >= 15 is 0 Å². The molecule has 1 aromatic carbocycles. The first-order chi connectivity index (χ1) is 9.41. The summed E-state index contributed by atoms with van der Waals surface area (Å²) in [6, 6.07) is 6.97. The van der Waals surface area contributed by atoms with Crippen molar-refractivity contribution >= 4 is 5.91 Å². The maximum absolute atomic E-state index is 12.7. The van der Waals surface area contributed by atoms with Crippen LogP contribution in [-0.2, 0) is 4.79 Å². The topological polar surface area (TPSA) is 38.3 Å². The molecule has 1 atom stereocenters. The molecule has 5 heteroatoms. The van der Waals surface area contributed by atoms with Gasteiger partial charge in [0, 0.05) is 18.9 Å². The first-order valence-corrected chi connectivity index (χ1v) is 6.82. The lowest BCUT2D eigenvalue weighted by Gasteiger charge is -2.36. The lowest BCUT2D eigenvalue weighted by Crippen LogP contribution is -2.53. The van der Waals surface area contributed by atoms with Crippen LogP contribution in [0.25, 0.3) is 0 Å². The third-order valence-electron chi connectivity index (χ3n) is 3.46. The van der Waals surface area contributed by atoms with Crippen LogP contribution in [0.5, 0.6) is 5.75 Å². The first kappa shape index (κ1) is 14.8. The summed E-state index contributed by atoms with van der Waals surface area (Å²) >= 11 is 0. The molecule has 2 rings (SSSR count). The summed E-state index contributed by atoms with van der Waals surface area (Å²) in [5.74, 6) is -2.30. The fraction of sp³-hybridized carbons (Fsp3) is 0.533. The highest BCUT2D eigenvalue weighted by molar-refractivity contribution is 5.81. The molecule has 1 aliphatic rings. The molecule has 0 spiro atoms. The number of para-hydroxylation sites is 1. The summed E-state index contributed by atoms with van der Waals surface area (Å²) in [6.45, 7) is 3.73. The van der Waals surface area contributed by atoms with Crippen LogP contribution in [-0.4, -0.2) is 24.0 Å². The number of hydrogen-bond acceptors (Lipinski definition) is 2. The van der Waals surface area contributed by atoms with Crippen molar-refractivity contribution in [1.29, 1.82) is 0 Å². The van der Waals surface area contributed by atoms with Gasteiger partial charge >= 0.3 is 0 Å². The number of halogens is 2. The van der Waals surface area contributed by atoms with E-state index in [0.717, 1.165) is 5.56 Å². The van der Waals surface area contributed by atoms with Crippen molar-refractivity contribution in [3.05, 3.63) is 29.8 Å². The first-order valence-electron chi connectivity index (χ1n) is 6.82. The largest absolute Gasteiger partial charge is 0.480 e. The molecule has 1 fully saturated rings. The Morgan fingerprint density at radius 3 is 2.65 bits per heavy atom. The van der Waals surface area contributed by atoms with E-state index in [1.54, 1.807) is 6.07 Å². The maximum atomic E-state index is 12.7. The van der Waals surface area contributed by atoms with E-state index in [0.29, 0.717) is 12.2 Å². The zero-order valence-electron chi connectivity index (χ0n) is 11.7. The zero-order valence-corrected chi connectivity index (χ0v) is 11.7. The number of nitrogens with one attached hydrogen (secondary N) is 1. The van der Waals surface area contributed by atoms with Crippen LogP contribution >= 0.6 is 0 Å². The fourth-order valence-corrected chi connectivity index (χ4v) is 2.22. The van der Waals surface area contributed by atoms with Crippen LogP contribution in [0.15, 0.2) is 24.3 Å². The molecule has 1 aliphatic carbocycles. The Morgan fingerprint density at radius 1 is 1.45 bits per heavy atom. The van der Waals surface area contributed by atoms with Gasteiger partial charge in [0.25, 0.3) is 11.8 Å². The number of amides is 1. The van der Waals surface area contributed by atoms with Crippen LogP contribution in [0.3, 0.4) is 0 Å². The van der Waals surface area contributed by atoms with Gasteiger partial charge < -0.3 is 10.1 Å². The third kappa shape index (κ3) is 3.46. The number of aryl methyl sites for hydroxylation is 1. The minimum atomic E-state index is -2.63. The van der Waals surface area contributed by atoms with Gasteiger partial charge in [-0.1, -0.05) is 25.1 Å². The fourth-order valence-electron chi connectivity index (χ4n) is 2.22. The summed E-state index contributed by atoms with van der Waals surface area (Å²) in [5.41, 5.74) is 0.939. The highest BCUT2D eigenvalue weighted by Gasteiger charge is 2.46. The monoisotopic (exact) mass is 283 g/mol. The summed E-state index contributed by atoms with van der Waals surface area (Å²) < 4.78 is 31.2. The number of carbonyl (C=O) groups excluding carboxylic acids is 1. The van der Waals surface area contributed by atoms with Gasteiger partial charge in [-0.2, -0.15) is 0 Å². The Bertz CT molecular complexity index is 483. The van der Waals surface area contributed by atoms with Crippen molar-refractivity contribution in [3.8, 4) is 5.75 Å². The third-order valence-corrected chi connectivity index (χ3v) is 3.46. The van der Waals surface area contributed by atoms with Crippen LogP contribution in [0.2, 0.25) is 0 Å². The number of alkyl halides is 2. The molecule has 1 amide bonds. The number of hydrogen-bond donors (Lipinski definition) is 1. The summed E-state index contributed by atoms with van der Waals surface area (Å²) in [5, 5.41) is 2.62. The molecule has 0 aliphatic heterocycles. The van der Waals surface area contributed by atoms with Gasteiger partial charge in [-0.25, -0.2) is 8.78 Å². The molecule has 20 heavy (non-hydrogen) atoms. The number of carbonyl (C=O) groups is 1. The molecule has 1 saturated carbocycles. The molecule has 1 aromatic rings. The smallest absolute Gasteiger partial charge is 0.261 e. The van der Waals surface area contributed by atoms with E-state index in [9.17, 15) is 13.6 Å². The molecule has 1 N–H and O–H groups in total. The SMILES string of the molecule is CCC(Oc1ccccc1C)C(=O)NC1CC(F)(F)C1. The average molecular weight is 283 g/mol. The van der Waals surface area contributed by atoms with E-state index in [1.165, 1.54) is 0 Å². The van der Waals surface area contributed by atoms with Crippen molar-refractivity contribution in [2.75, 3.05) is 0 Å². The predicted octanol–water partition coefficient (Wildman–Crippen LogP) is 3.07. The van der Waals surface area contributed by atoms with Gasteiger partial charge in [0.1, 0.15) is 5.75 Å². The lowest BCUT2D eigenvalue weighted by atomic mass is 9.88. The van der Waals surface area contributed by atoms with Gasteiger partial charge in [0.2, 0.25) is 0 Å². The van der Waals surface area contributed by atoms with Gasteiger partial charge in [0.15, 0.2) is 6.10 Å². The second-order valence-corrected chi connectivity index (χ2v) is 5.25. The predicted molar refractivity (Wildman–Crippen MR) is 72.0 cm³/mol. The summed E-state index contributed by atoms with van der Waals surface area (Å²) in [6.07, 6.45) is -0.715. The summed E-state index contributed by atoms with van der Waals surface area (Å²) in [7, 11) is 0. The molecular formula is C15H19F2NO2. The molecule has 0 saturated heterocycles. The van der Waals surface area contributed by atoms with Gasteiger partial charge in [-0.3, -0.25) is 4.79 Å². The van der Waals surface area contributed by atoms with Gasteiger partial charge in [-0.15, -0.1) is 0 Å². The molecular weight excluding hydrogens is 264 g/mol. The molecule has 0 bridgehead atoms. The zero-order chi connectivity index (χ0) is 14.8. The van der Waals surface area contributed by atoms with Crippen LogP contribution in [0.1, 0.15) is 31.7 Å². The second kappa shape index (κ2) is 5.77. The Labute approximate surface area is 117 Å². The molecule has 1 unspecified atom stereocenters. The van der Waals surface area contributed by atoms with Gasteiger partial charge in [-0.05, 0) is 25.0 Å². The Kier molecular flexibility index (Phi) is 4.26. The summed E-state index contributed by atoms with van der Waals surface area (Å²) in [4.78, 5) is 12.0. The van der Waals surface area contributed by atoms with E-state index in [2.05, 4.69) is 5.32 Å². The molecule has 3 nitrogen and oxygen atoms in total. The highest BCUT2D eigenvalue weighted by Crippen LogP contribution is 2.37. The molecule has 0 radical (unpaired) electrons. The second-order valence-electron chi connectivity index (χ2n) is 5.25. The van der Waals surface area contributed by atoms with E-state index in [-0.39, 0.29) is 18.7 Å². The average Bonchev–Trinajstić information content (AvgIpc) is 2.35. The van der Waals surface area contributed by atoms with E-state index in [4.69, 9.17) is 4.74 Å². The molecule has 0 heterocycles. The lowest BCUT2D eigenvalue weighted by molar-refractivity contribution is -0.135. The Morgan fingerprint density at radius 2 is 2.10 bits per heavy atom. The standard InChI is InChI=1S/C15H19F2NO2/c1-3-12(20-13-7-5-4-6-10(13)2)14(19)18-11-8-15(16,17)9-11/h4-7,11-12H,3,8-9H2,1-2H3,(H,18,19). The van der Waals surface area contributed by atoms with Crippen molar-refractivity contribution in [2.24, 2.45) is 0 Å². The highest BCUT2D eigenvalue weighted by atomic mass is 19.3. The number of rotatable bonds is 5. The minimum Gasteiger partial charge on any atom is -0.480 e. The van der Waals surface area contributed by atoms with Crippen molar-refractivity contribution in [2.45, 2.75) is 51.2 Å². The molecule has 110 valence electrons. The number of benzene rings is 1. The normalized spacial score (nSPS) is 19.0. The van der Waals surface area contributed by atoms with Crippen LogP contribution in [0, 0.1) is 6.92 Å². The van der Waals surface area contributed by atoms with E-state index < -0.39 is 18.1 Å². The van der Waals surface area contributed by atoms with Crippen molar-refractivity contribution < 1.29 is 18.3 Å². The maximum Gasteiger partial charge on any atom is 0.261 e. The van der Waals surface area contributed by atoms with Crippen molar-refractivity contribution in [3.63, 3.8) is 0 Å². The van der Waals surface area contributed by atoms with Crippen LogP contribution < -0.4 is 10.1 Å². The molecule has 0 aromatic heterocycles. The number of ether oxygens (including phenoxy) is 1. The minimum absolute atomic E-state index is 0.278.